The fourth-order valence-corrected chi connectivity index (χ4v) is 8.53. The van der Waals surface area contributed by atoms with Gasteiger partial charge in [-0.25, -0.2) is 0 Å². The summed E-state index contributed by atoms with van der Waals surface area (Å²) >= 11 is 0. The van der Waals surface area contributed by atoms with Gasteiger partial charge in [-0.15, -0.1) is 0 Å². The summed E-state index contributed by atoms with van der Waals surface area (Å²) in [5.41, 5.74) is 9.67. The first kappa shape index (κ1) is 27.3. The van der Waals surface area contributed by atoms with E-state index in [4.69, 9.17) is 0 Å². The lowest BCUT2D eigenvalue weighted by atomic mass is 9.92. The standard InChI is InChI=1S/C48H30N2/c1-3-13-33(14-4-1)49-44-22-12-11-20-38(44)42-29-31(23-27-45(42)49)32-24-28-46-43(30-32)41-26-25-40-37-19-8-7-17-35(37)36-18-9-10-21-39(36)47(40)48(41)50(46)34-15-5-2-6-16-34/h1-30H. The van der Waals surface area contributed by atoms with Gasteiger partial charge in [-0.3, -0.25) is 0 Å². The summed E-state index contributed by atoms with van der Waals surface area (Å²) in [4.78, 5) is 0. The van der Waals surface area contributed by atoms with E-state index in [1.165, 1.54) is 98.4 Å². The molecule has 2 heterocycles. The number of nitrogens with zero attached hydrogens (tertiary/aromatic N) is 2. The van der Waals surface area contributed by atoms with Crippen LogP contribution >= 0.6 is 0 Å². The third-order valence-corrected chi connectivity index (χ3v) is 10.7. The van der Waals surface area contributed by atoms with Crippen molar-refractivity contribution in [3.63, 3.8) is 0 Å². The number of para-hydroxylation sites is 3. The molecule has 11 aromatic rings. The van der Waals surface area contributed by atoms with E-state index in [0.29, 0.717) is 0 Å². The minimum absolute atomic E-state index is 1.17. The van der Waals surface area contributed by atoms with Crippen molar-refractivity contribution in [3.8, 4) is 22.5 Å². The lowest BCUT2D eigenvalue weighted by Crippen LogP contribution is -1.95. The van der Waals surface area contributed by atoms with Crippen molar-refractivity contribution < 1.29 is 0 Å². The van der Waals surface area contributed by atoms with Gasteiger partial charge in [0.1, 0.15) is 0 Å². The van der Waals surface area contributed by atoms with Gasteiger partial charge in [0.15, 0.2) is 0 Å². The van der Waals surface area contributed by atoms with Crippen LogP contribution in [-0.4, -0.2) is 9.13 Å². The van der Waals surface area contributed by atoms with E-state index < -0.39 is 0 Å². The van der Waals surface area contributed by atoms with E-state index in [0.717, 1.165) is 0 Å². The van der Waals surface area contributed by atoms with E-state index >= 15 is 0 Å². The molecular weight excluding hydrogens is 605 g/mol. The molecule has 0 saturated heterocycles. The normalized spacial score (nSPS) is 12.0. The van der Waals surface area contributed by atoms with Crippen LogP contribution in [0.15, 0.2) is 182 Å². The van der Waals surface area contributed by atoms with E-state index in [1.807, 2.05) is 0 Å². The van der Waals surface area contributed by atoms with Crippen LogP contribution < -0.4 is 0 Å². The molecule has 0 N–H and O–H groups in total. The van der Waals surface area contributed by atoms with Gasteiger partial charge < -0.3 is 9.13 Å². The quantitative estimate of drug-likeness (QED) is 0.171. The number of rotatable bonds is 3. The zero-order valence-corrected chi connectivity index (χ0v) is 27.2. The molecule has 0 saturated carbocycles. The Kier molecular flexibility index (Phi) is 5.70. The van der Waals surface area contributed by atoms with Crippen molar-refractivity contribution in [3.05, 3.63) is 182 Å². The molecule has 2 heteroatoms. The molecule has 0 atom stereocenters. The van der Waals surface area contributed by atoms with Gasteiger partial charge in [0, 0.05) is 38.3 Å². The summed E-state index contributed by atoms with van der Waals surface area (Å²) in [6, 6.07) is 66.7. The van der Waals surface area contributed by atoms with Gasteiger partial charge in [0.2, 0.25) is 0 Å². The molecule has 2 aromatic heterocycles. The fraction of sp³-hybridized carbons (Fsp3) is 0. The first-order chi connectivity index (χ1) is 24.8. The number of benzene rings is 9. The smallest absolute Gasteiger partial charge is 0.0625 e. The molecule has 0 unspecified atom stereocenters. The first-order valence-electron chi connectivity index (χ1n) is 17.3. The van der Waals surface area contributed by atoms with Gasteiger partial charge in [0.05, 0.1) is 22.1 Å². The lowest BCUT2D eigenvalue weighted by Gasteiger charge is -2.14. The van der Waals surface area contributed by atoms with Crippen LogP contribution in [0.2, 0.25) is 0 Å². The Morgan fingerprint density at radius 3 is 1.32 bits per heavy atom. The van der Waals surface area contributed by atoms with Crippen molar-refractivity contribution in [2.24, 2.45) is 0 Å². The van der Waals surface area contributed by atoms with Gasteiger partial charge in [-0.05, 0) is 92.7 Å². The molecule has 0 aliphatic rings. The minimum atomic E-state index is 1.17. The first-order valence-corrected chi connectivity index (χ1v) is 17.3. The maximum Gasteiger partial charge on any atom is 0.0625 e. The van der Waals surface area contributed by atoms with Crippen molar-refractivity contribution in [2.75, 3.05) is 0 Å². The molecule has 0 amide bonds. The van der Waals surface area contributed by atoms with Crippen LogP contribution in [0.4, 0.5) is 0 Å². The Hall–Kier alpha value is -6.64. The van der Waals surface area contributed by atoms with Crippen LogP contribution in [0.25, 0.3) is 98.4 Å². The second-order valence-electron chi connectivity index (χ2n) is 13.3. The summed E-state index contributed by atoms with van der Waals surface area (Å²) in [5.74, 6) is 0. The predicted molar refractivity (Wildman–Crippen MR) is 213 cm³/mol. The minimum Gasteiger partial charge on any atom is -0.309 e. The molecule has 232 valence electrons. The van der Waals surface area contributed by atoms with E-state index in [1.54, 1.807) is 0 Å². The Bertz CT molecular complexity index is 3090. The number of aromatic nitrogens is 2. The van der Waals surface area contributed by atoms with Gasteiger partial charge in [-0.1, -0.05) is 127 Å². The molecule has 0 bridgehead atoms. The number of fused-ring (bicyclic) bond motifs is 13. The highest BCUT2D eigenvalue weighted by atomic mass is 15.0. The summed E-state index contributed by atoms with van der Waals surface area (Å²) < 4.78 is 4.86. The molecule has 0 aliphatic heterocycles. The molecule has 50 heavy (non-hydrogen) atoms. The van der Waals surface area contributed by atoms with Crippen molar-refractivity contribution >= 4 is 75.9 Å². The number of hydrogen-bond donors (Lipinski definition) is 0. The molecular formula is C48H30N2. The average molecular weight is 635 g/mol. The predicted octanol–water partition coefficient (Wildman–Crippen LogP) is 13.0. The third kappa shape index (κ3) is 3.79. The van der Waals surface area contributed by atoms with Crippen molar-refractivity contribution in [1.82, 2.24) is 9.13 Å². The van der Waals surface area contributed by atoms with Crippen molar-refractivity contribution in [2.45, 2.75) is 0 Å². The van der Waals surface area contributed by atoms with Crippen LogP contribution in [0, 0.1) is 0 Å². The van der Waals surface area contributed by atoms with Crippen LogP contribution in [-0.2, 0) is 0 Å². The van der Waals surface area contributed by atoms with Gasteiger partial charge in [-0.2, -0.15) is 0 Å². The zero-order valence-electron chi connectivity index (χ0n) is 27.2. The fourth-order valence-electron chi connectivity index (χ4n) is 8.53. The molecule has 9 aromatic carbocycles. The summed E-state index contributed by atoms with van der Waals surface area (Å²) in [5, 5.41) is 12.8. The Morgan fingerprint density at radius 2 is 0.680 bits per heavy atom. The molecule has 0 aliphatic carbocycles. The second-order valence-corrected chi connectivity index (χ2v) is 13.3. The molecule has 0 spiro atoms. The monoisotopic (exact) mass is 634 g/mol. The zero-order chi connectivity index (χ0) is 32.8. The highest BCUT2D eigenvalue weighted by Gasteiger charge is 2.20. The van der Waals surface area contributed by atoms with Crippen LogP contribution in [0.5, 0.6) is 0 Å². The van der Waals surface area contributed by atoms with Crippen LogP contribution in [0.1, 0.15) is 0 Å². The molecule has 2 nitrogen and oxygen atoms in total. The lowest BCUT2D eigenvalue weighted by molar-refractivity contribution is 1.18. The largest absolute Gasteiger partial charge is 0.309 e. The van der Waals surface area contributed by atoms with Gasteiger partial charge in [0.25, 0.3) is 0 Å². The van der Waals surface area contributed by atoms with Gasteiger partial charge >= 0.3 is 0 Å². The summed E-state index contributed by atoms with van der Waals surface area (Å²) in [7, 11) is 0. The third-order valence-electron chi connectivity index (χ3n) is 10.7. The number of hydrogen-bond acceptors (Lipinski definition) is 0. The topological polar surface area (TPSA) is 9.86 Å². The highest BCUT2D eigenvalue weighted by molar-refractivity contribution is 6.33. The SMILES string of the molecule is c1ccc(-n2c3ccccc3c3cc(-c4ccc5c(c4)c4ccc6c7ccccc7c7ccccc7c6c4n5-c4ccccc4)ccc32)cc1. The molecule has 0 fully saturated rings. The maximum absolute atomic E-state index is 2.48. The second kappa shape index (κ2) is 10.4. The van der Waals surface area contributed by atoms with E-state index in [9.17, 15) is 0 Å². The van der Waals surface area contributed by atoms with E-state index in [2.05, 4.69) is 191 Å². The summed E-state index contributed by atoms with van der Waals surface area (Å²) in [6.07, 6.45) is 0. The average Bonchev–Trinajstić information content (AvgIpc) is 3.71. The van der Waals surface area contributed by atoms with Crippen LogP contribution in [0.3, 0.4) is 0 Å². The highest BCUT2D eigenvalue weighted by Crippen LogP contribution is 2.44. The van der Waals surface area contributed by atoms with E-state index in [-0.39, 0.29) is 0 Å². The summed E-state index contributed by atoms with van der Waals surface area (Å²) in [6.45, 7) is 0. The molecule has 11 rings (SSSR count). The molecule has 0 radical (unpaired) electrons. The Balaban J connectivity index is 1.22. The Morgan fingerprint density at radius 1 is 0.260 bits per heavy atom. The Labute approximate surface area is 288 Å². The van der Waals surface area contributed by atoms with Crippen molar-refractivity contribution in [1.29, 1.82) is 0 Å². The maximum atomic E-state index is 2.48.